The fourth-order valence-corrected chi connectivity index (χ4v) is 4.37. The molecule has 5 nitrogen and oxygen atoms in total. The van der Waals surface area contributed by atoms with E-state index >= 15 is 0 Å². The molecule has 0 bridgehead atoms. The van der Waals surface area contributed by atoms with E-state index in [-0.39, 0.29) is 11.9 Å². The van der Waals surface area contributed by atoms with Crippen molar-refractivity contribution in [1.29, 1.82) is 0 Å². The number of nitrogens with zero attached hydrogens (tertiary/aromatic N) is 3. The number of rotatable bonds is 1. The van der Waals surface area contributed by atoms with E-state index in [0.29, 0.717) is 11.5 Å². The van der Waals surface area contributed by atoms with Gasteiger partial charge in [0.25, 0.3) is 5.91 Å². The minimum absolute atomic E-state index is 0.113. The molecule has 0 unspecified atom stereocenters. The zero-order chi connectivity index (χ0) is 16.1. The first-order chi connectivity index (χ1) is 11.8. The van der Waals surface area contributed by atoms with Gasteiger partial charge in [0.15, 0.2) is 0 Å². The molecular formula is C19H18N4O. The van der Waals surface area contributed by atoms with Crippen LogP contribution in [0.1, 0.15) is 40.2 Å². The van der Waals surface area contributed by atoms with Crippen LogP contribution in [0, 0.1) is 0 Å². The molecule has 0 spiro atoms. The summed E-state index contributed by atoms with van der Waals surface area (Å²) in [6, 6.07) is 14.5. The van der Waals surface area contributed by atoms with E-state index in [1.165, 1.54) is 17.5 Å². The lowest BCUT2D eigenvalue weighted by atomic mass is 9.88. The SMILES string of the molecule is O=C(c1ccc2n[nH]nc2c1)N1CCC[C@H]2c3ccccc3C[C@H]21. The third-order valence-electron chi connectivity index (χ3n) is 5.49. The normalized spacial score (nSPS) is 22.4. The summed E-state index contributed by atoms with van der Waals surface area (Å²) in [6.45, 7) is 0.838. The van der Waals surface area contributed by atoms with Crippen LogP contribution < -0.4 is 0 Å². The van der Waals surface area contributed by atoms with Gasteiger partial charge in [0.1, 0.15) is 11.0 Å². The summed E-state index contributed by atoms with van der Waals surface area (Å²) < 4.78 is 0. The maximum Gasteiger partial charge on any atom is 0.254 e. The number of carbonyl (C=O) groups is 1. The molecule has 1 N–H and O–H groups in total. The number of hydrogen-bond acceptors (Lipinski definition) is 3. The Balaban J connectivity index is 1.49. The highest BCUT2D eigenvalue weighted by Gasteiger charge is 2.40. The van der Waals surface area contributed by atoms with Gasteiger partial charge in [-0.15, -0.1) is 0 Å². The summed E-state index contributed by atoms with van der Waals surface area (Å²) in [6.07, 6.45) is 3.21. The molecule has 1 aliphatic carbocycles. The molecule has 1 fully saturated rings. The predicted molar refractivity (Wildman–Crippen MR) is 90.8 cm³/mol. The van der Waals surface area contributed by atoms with Crippen LogP contribution in [0.25, 0.3) is 11.0 Å². The van der Waals surface area contributed by atoms with Crippen molar-refractivity contribution in [3.05, 3.63) is 59.2 Å². The summed E-state index contributed by atoms with van der Waals surface area (Å²) in [5, 5.41) is 10.8. The van der Waals surface area contributed by atoms with E-state index in [4.69, 9.17) is 0 Å². The topological polar surface area (TPSA) is 61.9 Å². The van der Waals surface area contributed by atoms with Crippen molar-refractivity contribution >= 4 is 16.9 Å². The highest BCUT2D eigenvalue weighted by molar-refractivity contribution is 5.97. The molecule has 2 aliphatic rings. The minimum atomic E-state index is 0.113. The lowest BCUT2D eigenvalue weighted by Gasteiger charge is -2.38. The Bertz CT molecular complexity index is 932. The van der Waals surface area contributed by atoms with Gasteiger partial charge in [-0.3, -0.25) is 4.79 Å². The summed E-state index contributed by atoms with van der Waals surface area (Å²) >= 11 is 0. The fraction of sp³-hybridized carbons (Fsp3) is 0.316. The molecule has 0 radical (unpaired) electrons. The van der Waals surface area contributed by atoms with Crippen molar-refractivity contribution in [2.75, 3.05) is 6.54 Å². The largest absolute Gasteiger partial charge is 0.335 e. The van der Waals surface area contributed by atoms with Gasteiger partial charge >= 0.3 is 0 Å². The Labute approximate surface area is 139 Å². The second-order valence-electron chi connectivity index (χ2n) is 6.74. The number of likely N-dealkylation sites (tertiary alicyclic amines) is 1. The molecule has 2 heterocycles. The van der Waals surface area contributed by atoms with Crippen molar-refractivity contribution in [2.45, 2.75) is 31.2 Å². The van der Waals surface area contributed by atoms with Crippen molar-refractivity contribution in [3.8, 4) is 0 Å². The number of H-pyrrole nitrogens is 1. The zero-order valence-electron chi connectivity index (χ0n) is 13.3. The smallest absolute Gasteiger partial charge is 0.254 e. The zero-order valence-corrected chi connectivity index (χ0v) is 13.3. The van der Waals surface area contributed by atoms with Crippen LogP contribution >= 0.6 is 0 Å². The van der Waals surface area contributed by atoms with Gasteiger partial charge in [0.05, 0.1) is 0 Å². The summed E-state index contributed by atoms with van der Waals surface area (Å²) in [5.74, 6) is 0.595. The van der Waals surface area contributed by atoms with E-state index in [2.05, 4.69) is 44.6 Å². The summed E-state index contributed by atoms with van der Waals surface area (Å²) in [7, 11) is 0. The van der Waals surface area contributed by atoms with Crippen LogP contribution in [0.2, 0.25) is 0 Å². The fourth-order valence-electron chi connectivity index (χ4n) is 4.37. The maximum absolute atomic E-state index is 13.1. The number of amides is 1. The van der Waals surface area contributed by atoms with Gasteiger partial charge in [-0.05, 0) is 48.6 Å². The molecule has 5 heteroatoms. The molecule has 2 atom stereocenters. The minimum Gasteiger partial charge on any atom is -0.335 e. The van der Waals surface area contributed by atoms with Crippen LogP contribution in [0.4, 0.5) is 0 Å². The third kappa shape index (κ3) is 1.97. The Morgan fingerprint density at radius 3 is 2.96 bits per heavy atom. The second kappa shape index (κ2) is 5.16. The number of benzene rings is 2. The quantitative estimate of drug-likeness (QED) is 0.750. The molecule has 3 aromatic rings. The number of piperidine rings is 1. The first-order valence-electron chi connectivity index (χ1n) is 8.50. The van der Waals surface area contributed by atoms with Gasteiger partial charge in [-0.1, -0.05) is 24.3 Å². The molecule has 1 saturated heterocycles. The number of hydrogen-bond donors (Lipinski definition) is 1. The Morgan fingerprint density at radius 2 is 2.00 bits per heavy atom. The number of aromatic nitrogens is 3. The standard InChI is InChI=1S/C19H18N4O/c24-19(13-7-8-16-17(10-13)21-22-20-16)23-9-3-6-15-14-5-2-1-4-12(14)11-18(15)23/h1-2,4-5,7-8,10,15,18H,3,6,9,11H2,(H,20,21,22)/t15-,18+/m0/s1. The number of aromatic amines is 1. The first kappa shape index (κ1) is 13.7. The van der Waals surface area contributed by atoms with Gasteiger partial charge in [0.2, 0.25) is 0 Å². The highest BCUT2D eigenvalue weighted by Crippen LogP contribution is 2.42. The molecule has 24 heavy (non-hydrogen) atoms. The van der Waals surface area contributed by atoms with Gasteiger partial charge < -0.3 is 4.90 Å². The third-order valence-corrected chi connectivity index (χ3v) is 5.49. The van der Waals surface area contributed by atoms with Crippen molar-refractivity contribution < 1.29 is 4.79 Å². The molecule has 1 aliphatic heterocycles. The number of fused-ring (bicyclic) bond motifs is 4. The molecule has 0 saturated carbocycles. The summed E-state index contributed by atoms with van der Waals surface area (Å²) in [4.78, 5) is 15.2. The van der Waals surface area contributed by atoms with Gasteiger partial charge in [-0.2, -0.15) is 15.4 Å². The summed E-state index contributed by atoms with van der Waals surface area (Å²) in [5.41, 5.74) is 5.07. The van der Waals surface area contributed by atoms with Gasteiger partial charge in [-0.25, -0.2) is 0 Å². The molecular weight excluding hydrogens is 300 g/mol. The van der Waals surface area contributed by atoms with Crippen molar-refractivity contribution in [3.63, 3.8) is 0 Å². The first-order valence-corrected chi connectivity index (χ1v) is 8.50. The average Bonchev–Trinajstić information content (AvgIpc) is 3.24. The molecule has 5 rings (SSSR count). The molecule has 2 aromatic carbocycles. The molecule has 120 valence electrons. The van der Waals surface area contributed by atoms with E-state index in [0.717, 1.165) is 30.4 Å². The lowest BCUT2D eigenvalue weighted by Crippen LogP contribution is -2.46. The van der Waals surface area contributed by atoms with Crippen molar-refractivity contribution in [2.24, 2.45) is 0 Å². The van der Waals surface area contributed by atoms with E-state index in [1.807, 2.05) is 18.2 Å². The van der Waals surface area contributed by atoms with E-state index in [1.54, 1.807) is 0 Å². The molecule has 1 amide bonds. The highest BCUT2D eigenvalue weighted by atomic mass is 16.2. The Kier molecular flexibility index (Phi) is 2.95. The number of carbonyl (C=O) groups excluding carboxylic acids is 1. The van der Waals surface area contributed by atoms with Crippen LogP contribution in [-0.2, 0) is 6.42 Å². The van der Waals surface area contributed by atoms with Crippen molar-refractivity contribution in [1.82, 2.24) is 20.3 Å². The number of nitrogens with one attached hydrogen (secondary N) is 1. The molecule has 1 aromatic heterocycles. The lowest BCUT2D eigenvalue weighted by molar-refractivity contribution is 0.0595. The maximum atomic E-state index is 13.1. The average molecular weight is 318 g/mol. The van der Waals surface area contributed by atoms with Crippen LogP contribution in [0.15, 0.2) is 42.5 Å². The Hall–Kier alpha value is -2.69. The van der Waals surface area contributed by atoms with Crippen LogP contribution in [-0.4, -0.2) is 38.8 Å². The van der Waals surface area contributed by atoms with Gasteiger partial charge in [0, 0.05) is 24.1 Å². The van der Waals surface area contributed by atoms with E-state index in [9.17, 15) is 4.79 Å². The second-order valence-corrected chi connectivity index (χ2v) is 6.74. The van der Waals surface area contributed by atoms with Crippen LogP contribution in [0.3, 0.4) is 0 Å². The van der Waals surface area contributed by atoms with Crippen LogP contribution in [0.5, 0.6) is 0 Å². The monoisotopic (exact) mass is 318 g/mol. The Morgan fingerprint density at radius 1 is 1.12 bits per heavy atom. The predicted octanol–water partition coefficient (Wildman–Crippen LogP) is 2.90. The van der Waals surface area contributed by atoms with E-state index < -0.39 is 0 Å².